The molecule has 0 aliphatic rings. The van der Waals surface area contributed by atoms with Gasteiger partial charge < -0.3 is 14.2 Å². The topological polar surface area (TPSA) is 34.5 Å². The molecule has 1 amide bonds. The van der Waals surface area contributed by atoms with Gasteiger partial charge in [0.15, 0.2) is 0 Å². The number of ether oxygens (including phenoxy) is 1. The van der Waals surface area contributed by atoms with Crippen molar-refractivity contribution < 1.29 is 13.9 Å². The Hall–Kier alpha value is -2.14. The maximum atomic E-state index is 13.1. The number of aromatic nitrogens is 1. The zero-order valence-electron chi connectivity index (χ0n) is 14.1. The van der Waals surface area contributed by atoms with Crippen molar-refractivity contribution in [2.75, 3.05) is 27.3 Å². The Morgan fingerprint density at radius 1 is 1.26 bits per heavy atom. The molecule has 0 aliphatic heterocycles. The summed E-state index contributed by atoms with van der Waals surface area (Å²) < 4.78 is 20.1. The molecule has 0 fully saturated rings. The molecule has 5 heteroatoms. The predicted molar refractivity (Wildman–Crippen MR) is 88.7 cm³/mol. The molecule has 1 aromatic carbocycles. The first kappa shape index (κ1) is 17.2. The van der Waals surface area contributed by atoms with E-state index in [0.29, 0.717) is 18.7 Å². The summed E-state index contributed by atoms with van der Waals surface area (Å²) in [6.07, 6.45) is 0.801. The van der Waals surface area contributed by atoms with Crippen LogP contribution in [0.4, 0.5) is 4.39 Å². The van der Waals surface area contributed by atoms with Crippen LogP contribution in [-0.4, -0.2) is 42.7 Å². The van der Waals surface area contributed by atoms with Crippen molar-refractivity contribution in [2.24, 2.45) is 0 Å². The molecule has 0 unspecified atom stereocenters. The number of halogens is 1. The van der Waals surface area contributed by atoms with Crippen molar-refractivity contribution >= 4 is 5.91 Å². The van der Waals surface area contributed by atoms with Crippen molar-refractivity contribution in [1.82, 2.24) is 9.47 Å². The molecule has 0 aliphatic carbocycles. The van der Waals surface area contributed by atoms with Gasteiger partial charge in [0.1, 0.15) is 5.82 Å². The van der Waals surface area contributed by atoms with Crippen LogP contribution >= 0.6 is 0 Å². The molecular weight excluding hydrogens is 295 g/mol. The summed E-state index contributed by atoms with van der Waals surface area (Å²) in [5.74, 6) is -0.284. The molecule has 0 saturated heterocycles. The molecule has 0 atom stereocenters. The fourth-order valence-corrected chi connectivity index (χ4v) is 2.72. The van der Waals surface area contributed by atoms with Crippen LogP contribution in [-0.2, 0) is 4.74 Å². The zero-order chi connectivity index (χ0) is 17.0. The Morgan fingerprint density at radius 3 is 2.52 bits per heavy atom. The molecule has 2 rings (SSSR count). The Balaban J connectivity index is 2.26. The fourth-order valence-electron chi connectivity index (χ4n) is 2.72. The summed E-state index contributed by atoms with van der Waals surface area (Å²) in [5.41, 5.74) is 3.33. The van der Waals surface area contributed by atoms with Crippen LogP contribution in [0.25, 0.3) is 5.69 Å². The predicted octanol–water partition coefficient (Wildman–Crippen LogP) is 3.34. The largest absolute Gasteiger partial charge is 0.385 e. The van der Waals surface area contributed by atoms with Gasteiger partial charge in [0.05, 0.1) is 5.56 Å². The molecule has 4 nitrogen and oxygen atoms in total. The van der Waals surface area contributed by atoms with Gasteiger partial charge in [-0.2, -0.15) is 0 Å². The maximum absolute atomic E-state index is 13.1. The summed E-state index contributed by atoms with van der Waals surface area (Å²) in [6, 6.07) is 8.16. The molecule has 0 bridgehead atoms. The Kier molecular flexibility index (Phi) is 5.55. The van der Waals surface area contributed by atoms with E-state index in [1.54, 1.807) is 31.2 Å². The lowest BCUT2D eigenvalue weighted by Crippen LogP contribution is -2.28. The molecule has 0 spiro atoms. The highest BCUT2D eigenvalue weighted by Gasteiger charge is 2.19. The third-order valence-corrected chi connectivity index (χ3v) is 3.94. The third-order valence-electron chi connectivity index (χ3n) is 3.94. The Bertz CT molecular complexity index is 677. The van der Waals surface area contributed by atoms with Gasteiger partial charge in [0, 0.05) is 44.4 Å². The molecule has 23 heavy (non-hydrogen) atoms. The van der Waals surface area contributed by atoms with E-state index in [2.05, 4.69) is 0 Å². The van der Waals surface area contributed by atoms with Gasteiger partial charge >= 0.3 is 0 Å². The quantitative estimate of drug-likeness (QED) is 0.766. The van der Waals surface area contributed by atoms with Crippen molar-refractivity contribution in [1.29, 1.82) is 0 Å². The van der Waals surface area contributed by atoms with Gasteiger partial charge in [0.25, 0.3) is 5.91 Å². The van der Waals surface area contributed by atoms with E-state index in [1.807, 2.05) is 24.5 Å². The summed E-state index contributed by atoms with van der Waals surface area (Å²) in [4.78, 5) is 14.3. The second-order valence-electron chi connectivity index (χ2n) is 5.67. The van der Waals surface area contributed by atoms with Crippen LogP contribution in [0.15, 0.2) is 30.3 Å². The molecular formula is C18H23FN2O2. The van der Waals surface area contributed by atoms with Crippen molar-refractivity contribution in [3.05, 3.63) is 53.1 Å². The number of benzene rings is 1. The highest BCUT2D eigenvalue weighted by atomic mass is 19.1. The lowest BCUT2D eigenvalue weighted by atomic mass is 10.2. The number of hydrogen-bond acceptors (Lipinski definition) is 2. The number of amides is 1. The average Bonchev–Trinajstić information content (AvgIpc) is 2.82. The minimum atomic E-state index is -0.273. The first-order valence-electron chi connectivity index (χ1n) is 7.65. The van der Waals surface area contributed by atoms with Crippen molar-refractivity contribution in [2.45, 2.75) is 20.3 Å². The number of carbonyl (C=O) groups is 1. The van der Waals surface area contributed by atoms with Crippen molar-refractivity contribution in [3.63, 3.8) is 0 Å². The Morgan fingerprint density at radius 2 is 1.91 bits per heavy atom. The van der Waals surface area contributed by atoms with Crippen LogP contribution in [0.1, 0.15) is 28.2 Å². The van der Waals surface area contributed by atoms with E-state index >= 15 is 0 Å². The maximum Gasteiger partial charge on any atom is 0.255 e. The van der Waals surface area contributed by atoms with E-state index in [4.69, 9.17) is 4.74 Å². The summed E-state index contributed by atoms with van der Waals surface area (Å²) in [7, 11) is 3.44. The average molecular weight is 318 g/mol. The smallest absolute Gasteiger partial charge is 0.255 e. The van der Waals surface area contributed by atoms with Gasteiger partial charge in [-0.25, -0.2) is 4.39 Å². The first-order chi connectivity index (χ1) is 11.0. The standard InChI is InChI=1S/C18H23FN2O2/c1-13-12-17(18(22)20(3)10-5-11-23-4)14(2)21(13)16-8-6-15(19)7-9-16/h6-9,12H,5,10-11H2,1-4H3. The van der Waals surface area contributed by atoms with Crippen LogP contribution in [0, 0.1) is 19.7 Å². The SMILES string of the molecule is COCCCN(C)C(=O)c1cc(C)n(-c2ccc(F)cc2)c1C. The lowest BCUT2D eigenvalue weighted by molar-refractivity contribution is 0.0778. The lowest BCUT2D eigenvalue weighted by Gasteiger charge is -2.17. The summed E-state index contributed by atoms with van der Waals surface area (Å²) >= 11 is 0. The highest BCUT2D eigenvalue weighted by molar-refractivity contribution is 5.95. The number of nitrogens with zero attached hydrogens (tertiary/aromatic N) is 2. The third kappa shape index (κ3) is 3.79. The van der Waals surface area contributed by atoms with E-state index in [-0.39, 0.29) is 11.7 Å². The fraction of sp³-hybridized carbons (Fsp3) is 0.389. The molecule has 124 valence electrons. The van der Waals surface area contributed by atoms with Crippen LogP contribution in [0.5, 0.6) is 0 Å². The molecule has 0 N–H and O–H groups in total. The van der Waals surface area contributed by atoms with Gasteiger partial charge in [-0.1, -0.05) is 0 Å². The van der Waals surface area contributed by atoms with E-state index in [1.165, 1.54) is 12.1 Å². The molecule has 2 aromatic rings. The van der Waals surface area contributed by atoms with E-state index < -0.39 is 0 Å². The van der Waals surface area contributed by atoms with Crippen LogP contribution in [0.3, 0.4) is 0 Å². The highest BCUT2D eigenvalue weighted by Crippen LogP contribution is 2.22. The minimum absolute atomic E-state index is 0.0115. The molecule has 1 heterocycles. The number of rotatable bonds is 6. The minimum Gasteiger partial charge on any atom is -0.385 e. The summed E-state index contributed by atoms with van der Waals surface area (Å²) in [5, 5.41) is 0. The second-order valence-corrected chi connectivity index (χ2v) is 5.67. The number of hydrogen-bond donors (Lipinski definition) is 0. The molecule has 1 aromatic heterocycles. The van der Waals surface area contributed by atoms with E-state index in [9.17, 15) is 9.18 Å². The summed E-state index contributed by atoms with van der Waals surface area (Å²) in [6.45, 7) is 5.13. The second kappa shape index (κ2) is 7.42. The van der Waals surface area contributed by atoms with Gasteiger partial charge in [-0.05, 0) is 50.6 Å². The number of aryl methyl sites for hydroxylation is 1. The molecule has 0 saturated carbocycles. The van der Waals surface area contributed by atoms with E-state index in [0.717, 1.165) is 23.5 Å². The first-order valence-corrected chi connectivity index (χ1v) is 7.65. The molecule has 0 radical (unpaired) electrons. The zero-order valence-corrected chi connectivity index (χ0v) is 14.1. The normalized spacial score (nSPS) is 10.8. The van der Waals surface area contributed by atoms with Gasteiger partial charge in [-0.15, -0.1) is 0 Å². The van der Waals surface area contributed by atoms with Crippen LogP contribution < -0.4 is 0 Å². The van der Waals surface area contributed by atoms with Gasteiger partial charge in [0.2, 0.25) is 0 Å². The van der Waals surface area contributed by atoms with Gasteiger partial charge in [-0.3, -0.25) is 4.79 Å². The monoisotopic (exact) mass is 318 g/mol. The van der Waals surface area contributed by atoms with Crippen LogP contribution in [0.2, 0.25) is 0 Å². The van der Waals surface area contributed by atoms with Crippen molar-refractivity contribution in [3.8, 4) is 5.69 Å². The Labute approximate surface area is 136 Å². The number of carbonyl (C=O) groups excluding carboxylic acids is 1. The number of methoxy groups -OCH3 is 1.